The highest BCUT2D eigenvalue weighted by molar-refractivity contribution is 6.31. The van der Waals surface area contributed by atoms with Gasteiger partial charge in [0.15, 0.2) is 0 Å². The van der Waals surface area contributed by atoms with Gasteiger partial charge in [-0.2, -0.15) is 5.10 Å². The number of carbonyl (C=O) groups is 1. The van der Waals surface area contributed by atoms with Crippen molar-refractivity contribution in [3.8, 4) is 0 Å². The Kier molecular flexibility index (Phi) is 4.70. The first-order chi connectivity index (χ1) is 9.40. The molecule has 20 heavy (non-hydrogen) atoms. The summed E-state index contributed by atoms with van der Waals surface area (Å²) in [6.45, 7) is 11.2. The Morgan fingerprint density at radius 2 is 2.15 bits per heavy atom. The lowest BCUT2D eigenvalue weighted by Gasteiger charge is -2.39. The molecule has 1 aromatic heterocycles. The van der Waals surface area contributed by atoms with Crippen LogP contribution in [0.1, 0.15) is 32.2 Å². The molecular formula is C14H23ClN4O. The van der Waals surface area contributed by atoms with Crippen molar-refractivity contribution in [2.24, 2.45) is 5.92 Å². The van der Waals surface area contributed by atoms with Crippen LogP contribution in [0.2, 0.25) is 5.02 Å². The molecule has 0 aliphatic carbocycles. The van der Waals surface area contributed by atoms with Crippen molar-refractivity contribution in [1.29, 1.82) is 0 Å². The summed E-state index contributed by atoms with van der Waals surface area (Å²) in [5.74, 6) is 0.703. The van der Waals surface area contributed by atoms with Gasteiger partial charge in [-0.1, -0.05) is 25.4 Å². The summed E-state index contributed by atoms with van der Waals surface area (Å²) in [6.07, 6.45) is 0. The highest BCUT2D eigenvalue weighted by Crippen LogP contribution is 2.21. The Morgan fingerprint density at radius 3 is 2.70 bits per heavy atom. The molecular weight excluding hydrogens is 276 g/mol. The molecule has 1 fully saturated rings. The fourth-order valence-electron chi connectivity index (χ4n) is 2.57. The van der Waals surface area contributed by atoms with E-state index in [1.54, 1.807) is 0 Å². The highest BCUT2D eigenvalue weighted by atomic mass is 35.5. The summed E-state index contributed by atoms with van der Waals surface area (Å²) in [5.41, 5.74) is 1.69. The number of H-pyrrole nitrogens is 1. The van der Waals surface area contributed by atoms with E-state index in [0.717, 1.165) is 31.0 Å². The molecule has 112 valence electrons. The van der Waals surface area contributed by atoms with Crippen molar-refractivity contribution in [2.45, 2.75) is 40.3 Å². The SMILES string of the molecule is Cc1[nH]nc(CN2CCN(CC(C)C)C(=O)C2C)c1Cl. The number of hydrogen-bond donors (Lipinski definition) is 1. The van der Waals surface area contributed by atoms with Crippen LogP contribution >= 0.6 is 11.6 Å². The number of aromatic nitrogens is 2. The maximum absolute atomic E-state index is 12.4. The van der Waals surface area contributed by atoms with Gasteiger partial charge >= 0.3 is 0 Å². The van der Waals surface area contributed by atoms with Crippen molar-refractivity contribution in [2.75, 3.05) is 19.6 Å². The minimum atomic E-state index is -0.115. The highest BCUT2D eigenvalue weighted by Gasteiger charge is 2.32. The molecule has 0 saturated carbocycles. The Balaban J connectivity index is 2.02. The van der Waals surface area contributed by atoms with Crippen LogP contribution in [0.4, 0.5) is 0 Å². The van der Waals surface area contributed by atoms with E-state index in [0.29, 0.717) is 17.5 Å². The normalized spacial score (nSPS) is 21.0. The quantitative estimate of drug-likeness (QED) is 0.926. The monoisotopic (exact) mass is 298 g/mol. The molecule has 6 heteroatoms. The predicted octanol–water partition coefficient (Wildman–Crippen LogP) is 2.06. The Bertz CT molecular complexity index is 486. The summed E-state index contributed by atoms with van der Waals surface area (Å²) in [5, 5.41) is 7.77. The molecule has 1 aliphatic heterocycles. The molecule has 1 unspecified atom stereocenters. The maximum atomic E-state index is 12.4. The van der Waals surface area contributed by atoms with Crippen LogP contribution in [0.5, 0.6) is 0 Å². The van der Waals surface area contributed by atoms with Crippen molar-refractivity contribution in [1.82, 2.24) is 20.0 Å². The Hall–Kier alpha value is -1.07. The third-order valence-corrected chi connectivity index (χ3v) is 4.26. The van der Waals surface area contributed by atoms with Crippen LogP contribution in [-0.4, -0.2) is 51.6 Å². The number of nitrogens with zero attached hydrogens (tertiary/aromatic N) is 3. The molecule has 0 aromatic carbocycles. The zero-order chi connectivity index (χ0) is 14.9. The maximum Gasteiger partial charge on any atom is 0.239 e. The average Bonchev–Trinajstić information content (AvgIpc) is 2.70. The molecule has 1 aliphatic rings. The minimum absolute atomic E-state index is 0.115. The van der Waals surface area contributed by atoms with Crippen LogP contribution in [0, 0.1) is 12.8 Å². The van der Waals surface area contributed by atoms with Crippen LogP contribution in [0.3, 0.4) is 0 Å². The van der Waals surface area contributed by atoms with Gasteiger partial charge in [0, 0.05) is 26.2 Å². The molecule has 0 spiro atoms. The van der Waals surface area contributed by atoms with E-state index in [9.17, 15) is 4.79 Å². The van der Waals surface area contributed by atoms with Gasteiger partial charge in [-0.05, 0) is 19.8 Å². The second kappa shape index (κ2) is 6.14. The number of amides is 1. The van der Waals surface area contributed by atoms with Crippen molar-refractivity contribution >= 4 is 17.5 Å². The number of hydrogen-bond acceptors (Lipinski definition) is 3. The van der Waals surface area contributed by atoms with Gasteiger partial charge in [-0.15, -0.1) is 0 Å². The third kappa shape index (κ3) is 3.15. The third-order valence-electron chi connectivity index (χ3n) is 3.75. The second-order valence-electron chi connectivity index (χ2n) is 5.93. The molecule has 0 radical (unpaired) electrons. The van der Waals surface area contributed by atoms with E-state index in [1.807, 2.05) is 18.7 Å². The van der Waals surface area contributed by atoms with Gasteiger partial charge in [0.25, 0.3) is 0 Å². The molecule has 1 aromatic rings. The molecule has 0 bridgehead atoms. The number of carbonyl (C=O) groups excluding carboxylic acids is 1. The first-order valence-electron chi connectivity index (χ1n) is 7.12. The zero-order valence-electron chi connectivity index (χ0n) is 12.6. The number of piperazine rings is 1. The largest absolute Gasteiger partial charge is 0.340 e. The Morgan fingerprint density at radius 1 is 1.45 bits per heavy atom. The van der Waals surface area contributed by atoms with Crippen LogP contribution < -0.4 is 0 Å². The summed E-state index contributed by atoms with van der Waals surface area (Å²) in [4.78, 5) is 16.5. The summed E-state index contributed by atoms with van der Waals surface area (Å²) >= 11 is 6.19. The predicted molar refractivity (Wildman–Crippen MR) is 79.6 cm³/mol. The van der Waals surface area contributed by atoms with E-state index in [-0.39, 0.29) is 11.9 Å². The fourth-order valence-corrected chi connectivity index (χ4v) is 2.72. The van der Waals surface area contributed by atoms with Crippen molar-refractivity contribution < 1.29 is 4.79 Å². The minimum Gasteiger partial charge on any atom is -0.340 e. The first-order valence-corrected chi connectivity index (χ1v) is 7.50. The zero-order valence-corrected chi connectivity index (χ0v) is 13.4. The van der Waals surface area contributed by atoms with Crippen molar-refractivity contribution in [3.63, 3.8) is 0 Å². The molecule has 1 saturated heterocycles. The number of halogens is 1. The van der Waals surface area contributed by atoms with Crippen LogP contribution in [0.25, 0.3) is 0 Å². The van der Waals surface area contributed by atoms with Crippen LogP contribution in [-0.2, 0) is 11.3 Å². The van der Waals surface area contributed by atoms with Gasteiger partial charge in [0.05, 0.1) is 22.5 Å². The number of nitrogens with one attached hydrogen (secondary N) is 1. The number of aromatic amines is 1. The van der Waals surface area contributed by atoms with E-state index in [1.165, 1.54) is 0 Å². The van der Waals surface area contributed by atoms with Gasteiger partial charge in [0.1, 0.15) is 0 Å². The molecule has 1 atom stereocenters. The molecule has 1 amide bonds. The second-order valence-corrected chi connectivity index (χ2v) is 6.31. The first kappa shape index (κ1) is 15.3. The lowest BCUT2D eigenvalue weighted by Crippen LogP contribution is -2.56. The van der Waals surface area contributed by atoms with Gasteiger partial charge in [0.2, 0.25) is 5.91 Å². The molecule has 2 heterocycles. The Labute approximate surface area is 125 Å². The number of rotatable bonds is 4. The lowest BCUT2D eigenvalue weighted by molar-refractivity contribution is -0.142. The van der Waals surface area contributed by atoms with Gasteiger partial charge < -0.3 is 4.90 Å². The summed E-state index contributed by atoms with van der Waals surface area (Å²) in [6, 6.07) is -0.115. The van der Waals surface area contributed by atoms with Gasteiger partial charge in [-0.25, -0.2) is 0 Å². The van der Waals surface area contributed by atoms with E-state index in [2.05, 4.69) is 28.9 Å². The van der Waals surface area contributed by atoms with E-state index in [4.69, 9.17) is 11.6 Å². The lowest BCUT2D eigenvalue weighted by atomic mass is 10.1. The summed E-state index contributed by atoms with van der Waals surface area (Å²) in [7, 11) is 0. The fraction of sp³-hybridized carbons (Fsp3) is 0.714. The molecule has 2 rings (SSSR count). The van der Waals surface area contributed by atoms with E-state index >= 15 is 0 Å². The van der Waals surface area contributed by atoms with Crippen LogP contribution in [0.15, 0.2) is 0 Å². The smallest absolute Gasteiger partial charge is 0.239 e. The molecule has 1 N–H and O–H groups in total. The summed E-state index contributed by atoms with van der Waals surface area (Å²) < 4.78 is 0. The standard InChI is InChI=1S/C14H23ClN4O/c1-9(2)7-19-6-5-18(11(4)14(19)20)8-12-13(15)10(3)16-17-12/h9,11H,5-8H2,1-4H3,(H,16,17). The molecule has 5 nitrogen and oxygen atoms in total. The van der Waals surface area contributed by atoms with Crippen molar-refractivity contribution in [3.05, 3.63) is 16.4 Å². The average molecular weight is 299 g/mol. The number of aryl methyl sites for hydroxylation is 1. The topological polar surface area (TPSA) is 52.2 Å². The van der Waals surface area contributed by atoms with E-state index < -0.39 is 0 Å². The van der Waals surface area contributed by atoms with Gasteiger partial charge in [-0.3, -0.25) is 14.8 Å².